The van der Waals surface area contributed by atoms with E-state index in [1.54, 1.807) is 7.11 Å². The summed E-state index contributed by atoms with van der Waals surface area (Å²) < 4.78 is 10.2. The lowest BCUT2D eigenvalue weighted by Crippen LogP contribution is -2.37. The van der Waals surface area contributed by atoms with Gasteiger partial charge in [0, 0.05) is 19.6 Å². The standard InChI is InChI=1S/C12H21N3O2/c1-13-10-6-4-3-5-9(10)7-12-14-11(8-16-2)15-17-12/h9-10,13H,3-8H2,1-2H3. The molecule has 0 spiro atoms. The molecular formula is C12H21N3O2. The second-order valence-corrected chi connectivity index (χ2v) is 4.68. The van der Waals surface area contributed by atoms with E-state index in [9.17, 15) is 0 Å². The van der Waals surface area contributed by atoms with Crippen molar-refractivity contribution in [1.82, 2.24) is 15.5 Å². The molecule has 1 aromatic heterocycles. The Hall–Kier alpha value is -0.940. The van der Waals surface area contributed by atoms with Crippen LogP contribution in [0.2, 0.25) is 0 Å². The Bertz CT molecular complexity index is 340. The van der Waals surface area contributed by atoms with E-state index in [-0.39, 0.29) is 0 Å². The molecule has 2 unspecified atom stereocenters. The van der Waals surface area contributed by atoms with E-state index in [4.69, 9.17) is 9.26 Å². The molecule has 1 aromatic rings. The highest BCUT2D eigenvalue weighted by Crippen LogP contribution is 2.26. The Balaban J connectivity index is 1.93. The molecule has 1 N–H and O–H groups in total. The predicted octanol–water partition coefficient (Wildman–Crippen LogP) is 1.54. The Morgan fingerprint density at radius 1 is 1.41 bits per heavy atom. The molecule has 1 aliphatic carbocycles. The smallest absolute Gasteiger partial charge is 0.227 e. The molecule has 0 radical (unpaired) electrons. The summed E-state index contributed by atoms with van der Waals surface area (Å²) in [6, 6.07) is 0.585. The van der Waals surface area contributed by atoms with Crippen LogP contribution in [0.1, 0.15) is 37.4 Å². The van der Waals surface area contributed by atoms with Crippen LogP contribution in [0.15, 0.2) is 4.52 Å². The first kappa shape index (κ1) is 12.5. The molecule has 5 nitrogen and oxygen atoms in total. The summed E-state index contributed by atoms with van der Waals surface area (Å²) in [5.74, 6) is 1.99. The van der Waals surface area contributed by atoms with E-state index in [1.807, 2.05) is 7.05 Å². The minimum Gasteiger partial charge on any atom is -0.377 e. The largest absolute Gasteiger partial charge is 0.377 e. The lowest BCUT2D eigenvalue weighted by atomic mass is 9.82. The topological polar surface area (TPSA) is 60.2 Å². The highest BCUT2D eigenvalue weighted by molar-refractivity contribution is 4.91. The van der Waals surface area contributed by atoms with Gasteiger partial charge < -0.3 is 14.6 Å². The van der Waals surface area contributed by atoms with Crippen molar-refractivity contribution in [3.63, 3.8) is 0 Å². The number of methoxy groups -OCH3 is 1. The van der Waals surface area contributed by atoms with E-state index < -0.39 is 0 Å². The molecule has 5 heteroatoms. The van der Waals surface area contributed by atoms with Crippen LogP contribution in [0.3, 0.4) is 0 Å². The third kappa shape index (κ3) is 3.26. The van der Waals surface area contributed by atoms with Gasteiger partial charge in [-0.3, -0.25) is 0 Å². The summed E-state index contributed by atoms with van der Waals surface area (Å²) in [5.41, 5.74) is 0. The molecule has 1 heterocycles. The van der Waals surface area contributed by atoms with Gasteiger partial charge in [-0.05, 0) is 25.8 Å². The van der Waals surface area contributed by atoms with Gasteiger partial charge >= 0.3 is 0 Å². The maximum atomic E-state index is 5.24. The monoisotopic (exact) mass is 239 g/mol. The van der Waals surface area contributed by atoms with Crippen LogP contribution in [-0.4, -0.2) is 30.3 Å². The average Bonchev–Trinajstić information content (AvgIpc) is 2.78. The number of aromatic nitrogens is 2. The fourth-order valence-corrected chi connectivity index (χ4v) is 2.62. The first-order valence-corrected chi connectivity index (χ1v) is 6.31. The lowest BCUT2D eigenvalue weighted by Gasteiger charge is -2.30. The van der Waals surface area contributed by atoms with E-state index in [0.717, 1.165) is 12.3 Å². The maximum Gasteiger partial charge on any atom is 0.227 e. The van der Waals surface area contributed by atoms with Gasteiger partial charge in [0.2, 0.25) is 5.89 Å². The van der Waals surface area contributed by atoms with E-state index in [1.165, 1.54) is 25.7 Å². The molecular weight excluding hydrogens is 218 g/mol. The minimum atomic E-state index is 0.420. The second-order valence-electron chi connectivity index (χ2n) is 4.68. The molecule has 1 fully saturated rings. The zero-order valence-electron chi connectivity index (χ0n) is 10.6. The van der Waals surface area contributed by atoms with Gasteiger partial charge in [0.1, 0.15) is 6.61 Å². The van der Waals surface area contributed by atoms with Crippen LogP contribution in [0, 0.1) is 5.92 Å². The summed E-state index contributed by atoms with van der Waals surface area (Å²) >= 11 is 0. The van der Waals surface area contributed by atoms with Crippen LogP contribution in [0.4, 0.5) is 0 Å². The molecule has 0 saturated heterocycles. The first-order chi connectivity index (χ1) is 8.33. The third-order valence-corrected chi connectivity index (χ3v) is 3.50. The molecule has 0 amide bonds. The van der Waals surface area contributed by atoms with Crippen molar-refractivity contribution in [3.05, 3.63) is 11.7 Å². The van der Waals surface area contributed by atoms with E-state index in [0.29, 0.717) is 24.4 Å². The number of rotatable bonds is 5. The fraction of sp³-hybridized carbons (Fsp3) is 0.833. The molecule has 0 aromatic carbocycles. The van der Waals surface area contributed by atoms with Crippen LogP contribution in [0.25, 0.3) is 0 Å². The highest BCUT2D eigenvalue weighted by atomic mass is 16.5. The maximum absolute atomic E-state index is 5.24. The van der Waals surface area contributed by atoms with Crippen molar-refractivity contribution in [2.45, 2.75) is 44.8 Å². The molecule has 0 bridgehead atoms. The number of nitrogens with zero attached hydrogens (tertiary/aromatic N) is 2. The van der Waals surface area contributed by atoms with Crippen LogP contribution in [0.5, 0.6) is 0 Å². The van der Waals surface area contributed by atoms with Crippen LogP contribution in [-0.2, 0) is 17.8 Å². The first-order valence-electron chi connectivity index (χ1n) is 6.31. The van der Waals surface area contributed by atoms with Crippen LogP contribution < -0.4 is 5.32 Å². The van der Waals surface area contributed by atoms with Gasteiger partial charge in [-0.2, -0.15) is 4.98 Å². The summed E-state index contributed by atoms with van der Waals surface area (Å²) in [4.78, 5) is 4.33. The quantitative estimate of drug-likeness (QED) is 0.844. The fourth-order valence-electron chi connectivity index (χ4n) is 2.62. The normalized spacial score (nSPS) is 25.1. The molecule has 1 aliphatic rings. The van der Waals surface area contributed by atoms with Crippen LogP contribution >= 0.6 is 0 Å². The van der Waals surface area contributed by atoms with Gasteiger partial charge in [-0.15, -0.1) is 0 Å². The lowest BCUT2D eigenvalue weighted by molar-refractivity contribution is 0.174. The zero-order chi connectivity index (χ0) is 12.1. The molecule has 96 valence electrons. The predicted molar refractivity (Wildman–Crippen MR) is 63.5 cm³/mol. The van der Waals surface area contributed by atoms with E-state index >= 15 is 0 Å². The highest BCUT2D eigenvalue weighted by Gasteiger charge is 2.25. The molecule has 0 aliphatic heterocycles. The summed E-state index contributed by atoms with van der Waals surface area (Å²) in [6.07, 6.45) is 6.00. The van der Waals surface area contributed by atoms with E-state index in [2.05, 4.69) is 15.5 Å². The van der Waals surface area contributed by atoms with Crippen molar-refractivity contribution in [2.24, 2.45) is 5.92 Å². The van der Waals surface area contributed by atoms with Gasteiger partial charge in [-0.1, -0.05) is 18.0 Å². The Labute approximate surface area is 102 Å². The second kappa shape index (κ2) is 6.12. The Kier molecular flexibility index (Phi) is 4.50. The summed E-state index contributed by atoms with van der Waals surface area (Å²) in [6.45, 7) is 0.420. The Morgan fingerprint density at radius 3 is 3.00 bits per heavy atom. The van der Waals surface area contributed by atoms with Gasteiger partial charge in [0.05, 0.1) is 0 Å². The number of hydrogen-bond acceptors (Lipinski definition) is 5. The van der Waals surface area contributed by atoms with Crippen molar-refractivity contribution in [3.8, 4) is 0 Å². The van der Waals surface area contributed by atoms with Gasteiger partial charge in [-0.25, -0.2) is 0 Å². The summed E-state index contributed by atoms with van der Waals surface area (Å²) in [7, 11) is 3.67. The number of ether oxygens (including phenoxy) is 1. The molecule has 2 atom stereocenters. The summed E-state index contributed by atoms with van der Waals surface area (Å²) in [5, 5.41) is 7.28. The van der Waals surface area contributed by atoms with Crippen molar-refractivity contribution in [1.29, 1.82) is 0 Å². The Morgan fingerprint density at radius 2 is 2.24 bits per heavy atom. The zero-order valence-corrected chi connectivity index (χ0v) is 10.6. The SMILES string of the molecule is CNC1CCCCC1Cc1nc(COC)no1. The number of nitrogens with one attached hydrogen (secondary N) is 1. The van der Waals surface area contributed by atoms with Crippen molar-refractivity contribution >= 4 is 0 Å². The minimum absolute atomic E-state index is 0.420. The molecule has 1 saturated carbocycles. The van der Waals surface area contributed by atoms with Gasteiger partial charge in [0.15, 0.2) is 5.82 Å². The third-order valence-electron chi connectivity index (χ3n) is 3.50. The average molecular weight is 239 g/mol. The molecule has 2 rings (SSSR count). The number of hydrogen-bond donors (Lipinski definition) is 1. The van der Waals surface area contributed by atoms with Crippen molar-refractivity contribution in [2.75, 3.05) is 14.2 Å². The molecule has 17 heavy (non-hydrogen) atoms. The van der Waals surface area contributed by atoms with Gasteiger partial charge in [0.25, 0.3) is 0 Å². The van der Waals surface area contributed by atoms with Crippen molar-refractivity contribution < 1.29 is 9.26 Å².